The van der Waals surface area contributed by atoms with Crippen molar-refractivity contribution in [3.8, 4) is 0 Å². The highest BCUT2D eigenvalue weighted by atomic mass is 15.4. The van der Waals surface area contributed by atoms with Crippen LogP contribution in [0.3, 0.4) is 0 Å². The first-order chi connectivity index (χ1) is 8.87. The summed E-state index contributed by atoms with van der Waals surface area (Å²) >= 11 is 0. The summed E-state index contributed by atoms with van der Waals surface area (Å²) < 4.78 is 2.08. The van der Waals surface area contributed by atoms with Crippen molar-refractivity contribution in [1.29, 1.82) is 0 Å². The summed E-state index contributed by atoms with van der Waals surface area (Å²) in [6, 6.07) is 0.751. The average molecular weight is 246 g/mol. The predicted molar refractivity (Wildman–Crippen MR) is 68.8 cm³/mol. The Kier molecular flexibility index (Phi) is 2.64. The summed E-state index contributed by atoms with van der Waals surface area (Å²) in [7, 11) is 0. The van der Waals surface area contributed by atoms with E-state index in [1.165, 1.54) is 38.5 Å². The third kappa shape index (κ3) is 2.18. The van der Waals surface area contributed by atoms with Crippen LogP contribution >= 0.6 is 0 Å². The summed E-state index contributed by atoms with van der Waals surface area (Å²) in [4.78, 5) is 0. The van der Waals surface area contributed by atoms with Gasteiger partial charge in [-0.15, -0.1) is 5.10 Å². The molecule has 3 fully saturated rings. The van der Waals surface area contributed by atoms with Crippen LogP contribution in [0.15, 0.2) is 6.20 Å². The van der Waals surface area contributed by atoms with E-state index in [9.17, 15) is 0 Å². The predicted octanol–water partition coefficient (Wildman–Crippen LogP) is 1.97. The Hall–Kier alpha value is -0.900. The Bertz CT molecular complexity index is 423. The van der Waals surface area contributed by atoms with Crippen LogP contribution in [0.4, 0.5) is 0 Å². The Morgan fingerprint density at radius 3 is 2.89 bits per heavy atom. The minimum absolute atomic E-state index is 0.751. The van der Waals surface area contributed by atoms with Crippen molar-refractivity contribution in [1.82, 2.24) is 20.3 Å². The molecule has 1 N–H and O–H groups in total. The van der Waals surface area contributed by atoms with Crippen LogP contribution < -0.4 is 5.32 Å². The lowest BCUT2D eigenvalue weighted by Gasteiger charge is -2.20. The van der Waals surface area contributed by atoms with Crippen LogP contribution in [0, 0.1) is 17.8 Å². The molecule has 3 saturated carbocycles. The molecule has 4 heteroatoms. The number of hydrogen-bond donors (Lipinski definition) is 1. The first-order valence-electron chi connectivity index (χ1n) is 7.49. The van der Waals surface area contributed by atoms with E-state index in [-0.39, 0.29) is 0 Å². The van der Waals surface area contributed by atoms with Gasteiger partial charge in [-0.3, -0.25) is 4.68 Å². The molecule has 3 atom stereocenters. The molecule has 3 unspecified atom stereocenters. The van der Waals surface area contributed by atoms with Gasteiger partial charge >= 0.3 is 0 Å². The molecule has 3 aliphatic rings. The highest BCUT2D eigenvalue weighted by Gasteiger charge is 2.39. The summed E-state index contributed by atoms with van der Waals surface area (Å²) in [5.41, 5.74) is 1.10. The number of fused-ring (bicyclic) bond motifs is 2. The Balaban J connectivity index is 1.33. The number of hydrogen-bond acceptors (Lipinski definition) is 3. The smallest absolute Gasteiger partial charge is 0.0964 e. The van der Waals surface area contributed by atoms with Crippen molar-refractivity contribution in [3.05, 3.63) is 11.9 Å². The van der Waals surface area contributed by atoms with E-state index in [0.29, 0.717) is 0 Å². The molecule has 0 spiro atoms. The van der Waals surface area contributed by atoms with E-state index in [4.69, 9.17) is 0 Å². The lowest BCUT2D eigenvalue weighted by molar-refractivity contribution is 0.283. The second-order valence-electron chi connectivity index (χ2n) is 6.52. The maximum Gasteiger partial charge on any atom is 0.0964 e. The first-order valence-corrected chi connectivity index (χ1v) is 7.49. The number of rotatable bonds is 5. The van der Waals surface area contributed by atoms with Crippen molar-refractivity contribution in [2.75, 3.05) is 0 Å². The molecule has 98 valence electrons. The quantitative estimate of drug-likeness (QED) is 0.863. The molecule has 0 amide bonds. The standard InChI is InChI=1S/C14H22N4/c1-2-11-5-10(1)6-12(11)8-18-9-14(16-17-18)7-15-13-3-4-13/h9-13,15H,1-8H2. The number of aromatic nitrogens is 3. The van der Waals surface area contributed by atoms with Gasteiger partial charge in [-0.25, -0.2) is 0 Å². The fourth-order valence-corrected chi connectivity index (χ4v) is 3.89. The van der Waals surface area contributed by atoms with Gasteiger partial charge in [0.1, 0.15) is 0 Å². The van der Waals surface area contributed by atoms with Gasteiger partial charge in [-0.1, -0.05) is 11.6 Å². The molecule has 1 aromatic rings. The van der Waals surface area contributed by atoms with Gasteiger partial charge in [0.25, 0.3) is 0 Å². The largest absolute Gasteiger partial charge is 0.308 e. The normalized spacial score (nSPS) is 34.3. The fraction of sp³-hybridized carbons (Fsp3) is 0.857. The SMILES string of the molecule is c1c(CNC2CC2)nnn1CC1CC2CCC1C2. The second-order valence-corrected chi connectivity index (χ2v) is 6.52. The van der Waals surface area contributed by atoms with Crippen molar-refractivity contribution >= 4 is 0 Å². The minimum Gasteiger partial charge on any atom is -0.308 e. The van der Waals surface area contributed by atoms with E-state index in [1.807, 2.05) is 0 Å². The summed E-state index contributed by atoms with van der Waals surface area (Å²) in [6.45, 7) is 1.99. The number of nitrogens with one attached hydrogen (secondary N) is 1. The lowest BCUT2D eigenvalue weighted by Crippen LogP contribution is -2.17. The Morgan fingerprint density at radius 1 is 1.22 bits per heavy atom. The topological polar surface area (TPSA) is 42.7 Å². The van der Waals surface area contributed by atoms with E-state index in [1.54, 1.807) is 0 Å². The van der Waals surface area contributed by atoms with Crippen LogP contribution in [-0.4, -0.2) is 21.0 Å². The molecule has 1 heterocycles. The molecule has 4 rings (SSSR count). The molecule has 1 aromatic heterocycles. The second kappa shape index (κ2) is 4.34. The van der Waals surface area contributed by atoms with Crippen LogP contribution in [-0.2, 0) is 13.1 Å². The summed E-state index contributed by atoms with van der Waals surface area (Å²) in [5, 5.41) is 12.0. The molecule has 3 aliphatic carbocycles. The summed E-state index contributed by atoms with van der Waals surface area (Å²) in [6.07, 6.45) is 10.7. The molecule has 0 aliphatic heterocycles. The Labute approximate surface area is 108 Å². The maximum atomic E-state index is 4.29. The summed E-state index contributed by atoms with van der Waals surface area (Å²) in [5.74, 6) is 2.88. The van der Waals surface area contributed by atoms with E-state index < -0.39 is 0 Å². The van der Waals surface area contributed by atoms with Gasteiger partial charge in [-0.2, -0.15) is 0 Å². The van der Waals surface area contributed by atoms with Gasteiger partial charge in [0.05, 0.1) is 5.69 Å². The van der Waals surface area contributed by atoms with E-state index >= 15 is 0 Å². The van der Waals surface area contributed by atoms with Gasteiger partial charge in [0, 0.05) is 25.3 Å². The Morgan fingerprint density at radius 2 is 2.17 bits per heavy atom. The molecule has 2 bridgehead atoms. The van der Waals surface area contributed by atoms with Crippen molar-refractivity contribution in [3.63, 3.8) is 0 Å². The van der Waals surface area contributed by atoms with Gasteiger partial charge in [0.15, 0.2) is 0 Å². The van der Waals surface area contributed by atoms with Gasteiger partial charge in [0.2, 0.25) is 0 Å². The van der Waals surface area contributed by atoms with Crippen LogP contribution in [0.5, 0.6) is 0 Å². The molecule has 0 radical (unpaired) electrons. The zero-order valence-corrected chi connectivity index (χ0v) is 10.9. The van der Waals surface area contributed by atoms with Crippen LogP contribution in [0.25, 0.3) is 0 Å². The third-order valence-electron chi connectivity index (χ3n) is 5.04. The highest BCUT2D eigenvalue weighted by molar-refractivity contribution is 4.95. The molecular formula is C14H22N4. The van der Waals surface area contributed by atoms with Gasteiger partial charge < -0.3 is 5.32 Å². The molecule has 4 nitrogen and oxygen atoms in total. The maximum absolute atomic E-state index is 4.29. The van der Waals surface area contributed by atoms with E-state index in [2.05, 4.69) is 26.5 Å². The monoisotopic (exact) mass is 246 g/mol. The first kappa shape index (κ1) is 11.0. The highest BCUT2D eigenvalue weighted by Crippen LogP contribution is 2.48. The van der Waals surface area contributed by atoms with Crippen LogP contribution in [0.1, 0.15) is 44.2 Å². The van der Waals surface area contributed by atoms with E-state index in [0.717, 1.165) is 42.6 Å². The zero-order chi connectivity index (χ0) is 11.9. The van der Waals surface area contributed by atoms with Crippen molar-refractivity contribution < 1.29 is 0 Å². The molecule has 18 heavy (non-hydrogen) atoms. The van der Waals surface area contributed by atoms with Gasteiger partial charge in [-0.05, 0) is 49.9 Å². The lowest BCUT2D eigenvalue weighted by atomic mass is 9.89. The number of nitrogens with zero attached hydrogens (tertiary/aromatic N) is 3. The minimum atomic E-state index is 0.751. The third-order valence-corrected chi connectivity index (χ3v) is 5.04. The van der Waals surface area contributed by atoms with Crippen LogP contribution in [0.2, 0.25) is 0 Å². The average Bonchev–Trinajstić information content (AvgIpc) is 2.78. The molecule has 0 saturated heterocycles. The zero-order valence-electron chi connectivity index (χ0n) is 10.9. The molecular weight excluding hydrogens is 224 g/mol. The fourth-order valence-electron chi connectivity index (χ4n) is 3.89. The van der Waals surface area contributed by atoms with Crippen molar-refractivity contribution in [2.24, 2.45) is 17.8 Å². The molecule has 0 aromatic carbocycles. The van der Waals surface area contributed by atoms with Crippen molar-refractivity contribution in [2.45, 2.75) is 57.7 Å².